The van der Waals surface area contributed by atoms with Crippen LogP contribution in [0.4, 0.5) is 0 Å². The molecule has 0 saturated carbocycles. The maximum atomic E-state index is 10.9. The monoisotopic (exact) mass is 278 g/mol. The number of nitrogens with two attached hydrogens (primary N) is 1. The quantitative estimate of drug-likeness (QED) is 0.905. The highest BCUT2D eigenvalue weighted by Gasteiger charge is 2.12. The van der Waals surface area contributed by atoms with Gasteiger partial charge in [0.15, 0.2) is 0 Å². The molecule has 0 aliphatic rings. The van der Waals surface area contributed by atoms with Gasteiger partial charge in [-0.05, 0) is 12.1 Å². The Balaban J connectivity index is 2.35. The second-order valence-electron chi connectivity index (χ2n) is 3.84. The molecular weight excluding hydrogens is 264 g/mol. The molecule has 0 aliphatic heterocycles. The van der Waals surface area contributed by atoms with E-state index < -0.39 is 0 Å². The largest absolute Gasteiger partial charge is 0.497 e. The zero-order valence-electron chi connectivity index (χ0n) is 10.7. The summed E-state index contributed by atoms with van der Waals surface area (Å²) in [5.41, 5.74) is 6.77. The van der Waals surface area contributed by atoms with Crippen LogP contribution < -0.4 is 15.2 Å². The second kappa shape index (κ2) is 5.71. The van der Waals surface area contributed by atoms with Crippen LogP contribution in [-0.2, 0) is 11.2 Å². The first-order valence-corrected chi connectivity index (χ1v) is 6.47. The number of carbonyl (C=O) groups excluding carboxylic acids is 1. The number of nitrogens with zero attached hydrogens (tertiary/aromatic N) is 1. The highest BCUT2D eigenvalue weighted by molar-refractivity contribution is 7.10. The fourth-order valence-corrected chi connectivity index (χ4v) is 2.48. The zero-order chi connectivity index (χ0) is 13.8. The van der Waals surface area contributed by atoms with Crippen molar-refractivity contribution in [3.8, 4) is 22.8 Å². The van der Waals surface area contributed by atoms with Crippen LogP contribution >= 0.6 is 11.3 Å². The van der Waals surface area contributed by atoms with E-state index in [0.29, 0.717) is 16.5 Å². The van der Waals surface area contributed by atoms with Gasteiger partial charge in [0.1, 0.15) is 16.5 Å². The Labute approximate surface area is 115 Å². The summed E-state index contributed by atoms with van der Waals surface area (Å²) in [5.74, 6) is 1.01. The number of carbonyl (C=O) groups is 1. The molecule has 1 amide bonds. The standard InChI is InChI=1S/C13H14N2O3S/c1-17-8-3-4-9(11(5-8)18-2)10-7-19-13(15-10)6-12(14)16/h3-5,7H,6H2,1-2H3,(H2,14,16). The number of amides is 1. The van der Waals surface area contributed by atoms with Crippen molar-refractivity contribution in [1.82, 2.24) is 4.98 Å². The lowest BCUT2D eigenvalue weighted by atomic mass is 10.1. The minimum absolute atomic E-state index is 0.156. The van der Waals surface area contributed by atoms with E-state index in [4.69, 9.17) is 15.2 Å². The SMILES string of the molecule is COc1ccc(-c2csc(CC(N)=O)n2)c(OC)c1. The second-order valence-corrected chi connectivity index (χ2v) is 4.78. The number of thiazole rings is 1. The molecular formula is C13H14N2O3S. The predicted molar refractivity (Wildman–Crippen MR) is 73.6 cm³/mol. The van der Waals surface area contributed by atoms with Gasteiger partial charge in [-0.2, -0.15) is 0 Å². The molecule has 2 aromatic rings. The van der Waals surface area contributed by atoms with Crippen molar-refractivity contribution in [2.75, 3.05) is 14.2 Å². The number of benzene rings is 1. The summed E-state index contributed by atoms with van der Waals surface area (Å²) < 4.78 is 10.5. The van der Waals surface area contributed by atoms with E-state index in [2.05, 4.69) is 4.98 Å². The summed E-state index contributed by atoms with van der Waals surface area (Å²) in [6.45, 7) is 0. The lowest BCUT2D eigenvalue weighted by Crippen LogP contribution is -2.13. The van der Waals surface area contributed by atoms with E-state index in [1.165, 1.54) is 11.3 Å². The first kappa shape index (κ1) is 13.4. The Morgan fingerprint density at radius 3 is 2.79 bits per heavy atom. The number of ether oxygens (including phenoxy) is 2. The molecule has 2 rings (SSSR count). The topological polar surface area (TPSA) is 74.4 Å². The van der Waals surface area contributed by atoms with Gasteiger partial charge in [-0.3, -0.25) is 4.79 Å². The fourth-order valence-electron chi connectivity index (χ4n) is 1.67. The van der Waals surface area contributed by atoms with Crippen LogP contribution in [0.25, 0.3) is 11.3 Å². The Kier molecular flexibility index (Phi) is 4.01. The molecule has 0 bridgehead atoms. The summed E-state index contributed by atoms with van der Waals surface area (Å²) in [4.78, 5) is 15.3. The van der Waals surface area contributed by atoms with Crippen LogP contribution in [0.15, 0.2) is 23.6 Å². The van der Waals surface area contributed by atoms with Gasteiger partial charge in [-0.25, -0.2) is 4.98 Å². The van der Waals surface area contributed by atoms with E-state index in [0.717, 1.165) is 11.3 Å². The number of hydrogen-bond acceptors (Lipinski definition) is 5. The minimum Gasteiger partial charge on any atom is -0.497 e. The third kappa shape index (κ3) is 3.03. The number of methoxy groups -OCH3 is 2. The van der Waals surface area contributed by atoms with Crippen LogP contribution in [0.3, 0.4) is 0 Å². The number of primary amides is 1. The number of rotatable bonds is 5. The van der Waals surface area contributed by atoms with Gasteiger partial charge in [0.05, 0.1) is 26.3 Å². The normalized spacial score (nSPS) is 10.2. The third-order valence-electron chi connectivity index (χ3n) is 2.56. The Morgan fingerprint density at radius 2 is 2.16 bits per heavy atom. The van der Waals surface area contributed by atoms with Gasteiger partial charge in [-0.15, -0.1) is 11.3 Å². The van der Waals surface area contributed by atoms with E-state index in [-0.39, 0.29) is 12.3 Å². The van der Waals surface area contributed by atoms with Gasteiger partial charge in [0.2, 0.25) is 5.91 Å². The maximum absolute atomic E-state index is 10.9. The van der Waals surface area contributed by atoms with Crippen LogP contribution in [0, 0.1) is 0 Å². The van der Waals surface area contributed by atoms with Crippen molar-refractivity contribution in [2.45, 2.75) is 6.42 Å². The lowest BCUT2D eigenvalue weighted by Gasteiger charge is -2.08. The number of aromatic nitrogens is 1. The van der Waals surface area contributed by atoms with Crippen molar-refractivity contribution in [3.05, 3.63) is 28.6 Å². The Morgan fingerprint density at radius 1 is 1.37 bits per heavy atom. The fraction of sp³-hybridized carbons (Fsp3) is 0.231. The van der Waals surface area contributed by atoms with E-state index in [1.54, 1.807) is 20.3 Å². The predicted octanol–water partition coefficient (Wildman–Crippen LogP) is 1.86. The molecule has 0 saturated heterocycles. The molecule has 6 heteroatoms. The number of hydrogen-bond donors (Lipinski definition) is 1. The molecule has 5 nitrogen and oxygen atoms in total. The Hall–Kier alpha value is -2.08. The van der Waals surface area contributed by atoms with Gasteiger partial charge in [0.25, 0.3) is 0 Å². The molecule has 0 atom stereocenters. The van der Waals surface area contributed by atoms with Crippen molar-refractivity contribution in [2.24, 2.45) is 5.73 Å². The molecule has 1 heterocycles. The summed E-state index contributed by atoms with van der Waals surface area (Å²) in [5, 5.41) is 2.57. The third-order valence-corrected chi connectivity index (χ3v) is 3.41. The van der Waals surface area contributed by atoms with Crippen LogP contribution in [-0.4, -0.2) is 25.1 Å². The van der Waals surface area contributed by atoms with Crippen LogP contribution in [0.1, 0.15) is 5.01 Å². The van der Waals surface area contributed by atoms with Gasteiger partial charge < -0.3 is 15.2 Å². The summed E-state index contributed by atoms with van der Waals surface area (Å²) in [7, 11) is 3.19. The molecule has 0 fully saturated rings. The Bertz CT molecular complexity index is 595. The molecule has 1 aromatic heterocycles. The van der Waals surface area contributed by atoms with Gasteiger partial charge in [0, 0.05) is 17.0 Å². The molecule has 100 valence electrons. The highest BCUT2D eigenvalue weighted by Crippen LogP contribution is 2.33. The van der Waals surface area contributed by atoms with Crippen molar-refractivity contribution in [1.29, 1.82) is 0 Å². The molecule has 0 radical (unpaired) electrons. The van der Waals surface area contributed by atoms with Crippen LogP contribution in [0.2, 0.25) is 0 Å². The smallest absolute Gasteiger partial charge is 0.224 e. The van der Waals surface area contributed by atoms with E-state index in [9.17, 15) is 4.79 Å². The minimum atomic E-state index is -0.386. The molecule has 1 aromatic carbocycles. The average molecular weight is 278 g/mol. The van der Waals surface area contributed by atoms with Crippen LogP contribution in [0.5, 0.6) is 11.5 Å². The van der Waals surface area contributed by atoms with Crippen molar-refractivity contribution < 1.29 is 14.3 Å². The molecule has 0 unspecified atom stereocenters. The van der Waals surface area contributed by atoms with Gasteiger partial charge >= 0.3 is 0 Å². The van der Waals surface area contributed by atoms with Gasteiger partial charge in [-0.1, -0.05) is 0 Å². The molecule has 2 N–H and O–H groups in total. The average Bonchev–Trinajstić information content (AvgIpc) is 2.85. The van der Waals surface area contributed by atoms with E-state index in [1.807, 2.05) is 17.5 Å². The van der Waals surface area contributed by atoms with Crippen molar-refractivity contribution >= 4 is 17.2 Å². The summed E-state index contributed by atoms with van der Waals surface area (Å²) in [6, 6.07) is 5.51. The summed E-state index contributed by atoms with van der Waals surface area (Å²) >= 11 is 1.40. The molecule has 0 aliphatic carbocycles. The zero-order valence-corrected chi connectivity index (χ0v) is 11.5. The maximum Gasteiger partial charge on any atom is 0.224 e. The highest BCUT2D eigenvalue weighted by atomic mass is 32.1. The van der Waals surface area contributed by atoms with E-state index >= 15 is 0 Å². The first-order valence-electron chi connectivity index (χ1n) is 5.59. The lowest BCUT2D eigenvalue weighted by molar-refractivity contribution is -0.117. The summed E-state index contributed by atoms with van der Waals surface area (Å²) in [6.07, 6.45) is 0.156. The first-order chi connectivity index (χ1) is 9.13. The molecule has 19 heavy (non-hydrogen) atoms. The molecule has 0 spiro atoms. The van der Waals surface area contributed by atoms with Crippen molar-refractivity contribution in [3.63, 3.8) is 0 Å².